The normalized spacial score (nSPS) is 15.5. The molecule has 0 aliphatic carbocycles. The first-order chi connectivity index (χ1) is 16.5. The highest BCUT2D eigenvalue weighted by Gasteiger charge is 2.46. The molecular formula is C25H31N2O7P. The molecule has 0 fully saturated rings. The Morgan fingerprint density at radius 3 is 2.11 bits per heavy atom. The van der Waals surface area contributed by atoms with Gasteiger partial charge in [0.2, 0.25) is 0 Å². The molecule has 188 valence electrons. The van der Waals surface area contributed by atoms with E-state index in [1.165, 1.54) is 7.11 Å². The average Bonchev–Trinajstić information content (AvgIpc) is 2.80. The number of nitrogens with one attached hydrogen (secondary N) is 1. The molecule has 9 nitrogen and oxygen atoms in total. The zero-order valence-electron chi connectivity index (χ0n) is 20.2. The number of hydrogen-bond acceptors (Lipinski definition) is 7. The number of methoxy groups -OCH3 is 1. The van der Waals surface area contributed by atoms with Crippen molar-refractivity contribution in [3.8, 4) is 0 Å². The Hall–Kier alpha value is -3.29. The number of carbonyl (C=O) groups excluding carboxylic acids is 1. The summed E-state index contributed by atoms with van der Waals surface area (Å²) in [5.41, 5.74) is 0.306. The van der Waals surface area contributed by atoms with E-state index < -0.39 is 49.8 Å². The number of carboxylic acid groups (broad SMARTS) is 1. The molecule has 0 saturated carbocycles. The van der Waals surface area contributed by atoms with Gasteiger partial charge in [-0.1, -0.05) is 48.5 Å². The summed E-state index contributed by atoms with van der Waals surface area (Å²) in [5.74, 6) is -2.64. The molecule has 3 N–H and O–H groups in total. The van der Waals surface area contributed by atoms with E-state index in [9.17, 15) is 24.4 Å². The number of aliphatic carboxylic acids is 1. The number of hydrogen-bond donors (Lipinski definition) is 3. The highest BCUT2D eigenvalue weighted by molar-refractivity contribution is 7.25. The van der Waals surface area contributed by atoms with Crippen LogP contribution < -0.4 is 5.32 Å². The summed E-state index contributed by atoms with van der Waals surface area (Å²) in [4.78, 5) is 28.6. The minimum Gasteiger partial charge on any atom is -0.484 e. The third-order valence-electron chi connectivity index (χ3n) is 5.00. The molecule has 10 heteroatoms. The van der Waals surface area contributed by atoms with Crippen LogP contribution in [-0.2, 0) is 18.8 Å². The molecule has 1 amide bonds. The van der Waals surface area contributed by atoms with E-state index in [1.807, 2.05) is 0 Å². The Morgan fingerprint density at radius 1 is 1.06 bits per heavy atom. The number of nitrogens with zero attached hydrogens (tertiary/aromatic N) is 1. The number of alkyl carbamates (subject to hydrolysis) is 1. The Morgan fingerprint density at radius 2 is 1.63 bits per heavy atom. The van der Waals surface area contributed by atoms with Crippen LogP contribution in [0.25, 0.3) is 0 Å². The fourth-order valence-corrected chi connectivity index (χ4v) is 4.04. The lowest BCUT2D eigenvalue weighted by atomic mass is 9.89. The molecule has 0 heterocycles. The first-order valence-electron chi connectivity index (χ1n) is 11.0. The van der Waals surface area contributed by atoms with E-state index in [1.54, 1.807) is 81.4 Å². The second-order valence-electron chi connectivity index (χ2n) is 8.92. The van der Waals surface area contributed by atoms with E-state index >= 15 is 0 Å². The lowest BCUT2D eigenvalue weighted by Gasteiger charge is -2.33. The van der Waals surface area contributed by atoms with Gasteiger partial charge in [0.15, 0.2) is 19.7 Å². The second-order valence-corrected chi connectivity index (χ2v) is 9.88. The van der Waals surface area contributed by atoms with E-state index in [0.717, 1.165) is 0 Å². The van der Waals surface area contributed by atoms with Crippen molar-refractivity contribution in [2.75, 3.05) is 7.11 Å². The van der Waals surface area contributed by atoms with Crippen molar-refractivity contribution < 1.29 is 33.8 Å². The molecule has 0 aromatic heterocycles. The van der Waals surface area contributed by atoms with Crippen molar-refractivity contribution in [1.29, 1.82) is 0 Å². The second kappa shape index (κ2) is 12.4. The molecule has 0 spiro atoms. The molecule has 0 bridgehead atoms. The molecule has 0 saturated heterocycles. The van der Waals surface area contributed by atoms with Crippen molar-refractivity contribution in [2.24, 2.45) is 10.9 Å². The molecular weight excluding hydrogens is 471 g/mol. The maximum atomic E-state index is 12.6. The summed E-state index contributed by atoms with van der Waals surface area (Å²) >= 11 is 0. The summed E-state index contributed by atoms with van der Waals surface area (Å²) < 4.78 is 23.1. The number of para-hydroxylation sites is 1. The van der Waals surface area contributed by atoms with Crippen LogP contribution in [0.5, 0.6) is 0 Å². The van der Waals surface area contributed by atoms with E-state index in [4.69, 9.17) is 9.47 Å². The van der Waals surface area contributed by atoms with Gasteiger partial charge in [-0.15, -0.1) is 0 Å². The number of amides is 1. The number of benzene rings is 2. The van der Waals surface area contributed by atoms with Gasteiger partial charge >= 0.3 is 12.1 Å². The van der Waals surface area contributed by atoms with Gasteiger partial charge in [0, 0.05) is 6.42 Å². The van der Waals surface area contributed by atoms with E-state index in [-0.39, 0.29) is 12.3 Å². The number of aliphatic hydroxyl groups is 1. The first kappa shape index (κ1) is 28.0. The summed E-state index contributed by atoms with van der Waals surface area (Å²) in [7, 11) is 0.538. The van der Waals surface area contributed by atoms with Gasteiger partial charge in [-0.05, 0) is 38.5 Å². The molecule has 2 rings (SSSR count). The molecule has 3 atom stereocenters. The van der Waals surface area contributed by atoms with Crippen molar-refractivity contribution >= 4 is 32.1 Å². The van der Waals surface area contributed by atoms with Crippen molar-refractivity contribution in [2.45, 2.75) is 50.6 Å². The molecule has 35 heavy (non-hydrogen) atoms. The van der Waals surface area contributed by atoms with Crippen LogP contribution in [0.3, 0.4) is 0 Å². The van der Waals surface area contributed by atoms with Crippen LogP contribution in [0.4, 0.5) is 10.5 Å². The van der Waals surface area contributed by atoms with Gasteiger partial charge in [0.25, 0.3) is 0 Å². The largest absolute Gasteiger partial charge is 0.484 e. The summed E-state index contributed by atoms with van der Waals surface area (Å²) in [5, 5.41) is 21.7. The fraction of sp³-hybridized carbons (Fsp3) is 0.400. The van der Waals surface area contributed by atoms with Crippen LogP contribution in [0.2, 0.25) is 0 Å². The lowest BCUT2D eigenvalue weighted by molar-refractivity contribution is -0.139. The fourth-order valence-electron chi connectivity index (χ4n) is 3.45. The molecule has 0 aliphatic heterocycles. The SMILES string of the molecule is COC(=Nc1ccccc1)C(CC(=O)O)C(O)(CC(NC(=O)OC(C)(C)C)c1ccccc1)P=O. The molecule has 3 unspecified atom stereocenters. The molecule has 0 radical (unpaired) electrons. The quantitative estimate of drug-likeness (QED) is 0.234. The van der Waals surface area contributed by atoms with Crippen LogP contribution in [-0.4, -0.2) is 46.2 Å². The van der Waals surface area contributed by atoms with Crippen molar-refractivity contribution in [3.63, 3.8) is 0 Å². The molecule has 2 aromatic carbocycles. The van der Waals surface area contributed by atoms with Crippen molar-refractivity contribution in [3.05, 3.63) is 66.2 Å². The maximum absolute atomic E-state index is 12.6. The monoisotopic (exact) mass is 502 g/mol. The van der Waals surface area contributed by atoms with Crippen LogP contribution >= 0.6 is 8.46 Å². The van der Waals surface area contributed by atoms with Crippen LogP contribution in [0.15, 0.2) is 65.7 Å². The highest BCUT2D eigenvalue weighted by Crippen LogP contribution is 2.41. The van der Waals surface area contributed by atoms with Gasteiger partial charge in [0.1, 0.15) is 5.60 Å². The molecule has 0 aliphatic rings. The zero-order chi connectivity index (χ0) is 26.1. The predicted octanol–water partition coefficient (Wildman–Crippen LogP) is 5.09. The van der Waals surface area contributed by atoms with Crippen LogP contribution in [0.1, 0.15) is 45.2 Å². The zero-order valence-corrected chi connectivity index (χ0v) is 21.1. The maximum Gasteiger partial charge on any atom is 0.408 e. The first-order valence-corrected chi connectivity index (χ1v) is 11.8. The Kier molecular flexibility index (Phi) is 9.92. The average molecular weight is 503 g/mol. The number of carbonyl (C=O) groups is 2. The number of ether oxygens (including phenoxy) is 2. The molecule has 2 aromatic rings. The van der Waals surface area contributed by atoms with Gasteiger partial charge in [0.05, 0.1) is 31.2 Å². The minimum atomic E-state index is -2.16. The van der Waals surface area contributed by atoms with E-state index in [0.29, 0.717) is 11.3 Å². The number of aliphatic imine (C=N–C) groups is 1. The van der Waals surface area contributed by atoms with Crippen LogP contribution in [0, 0.1) is 5.92 Å². The lowest BCUT2D eigenvalue weighted by Crippen LogP contribution is -2.44. The summed E-state index contributed by atoms with van der Waals surface area (Å²) in [6.07, 6.45) is -1.66. The smallest absolute Gasteiger partial charge is 0.408 e. The third-order valence-corrected chi connectivity index (χ3v) is 5.81. The minimum absolute atomic E-state index is 0.103. The van der Waals surface area contributed by atoms with Gasteiger partial charge in [-0.25, -0.2) is 9.79 Å². The highest BCUT2D eigenvalue weighted by atomic mass is 31.1. The van der Waals surface area contributed by atoms with Gasteiger partial charge in [-0.2, -0.15) is 0 Å². The Balaban J connectivity index is 2.48. The topological polar surface area (TPSA) is 135 Å². The number of carboxylic acids is 1. The summed E-state index contributed by atoms with van der Waals surface area (Å²) in [6.45, 7) is 5.14. The van der Waals surface area contributed by atoms with Gasteiger partial charge in [-0.3, -0.25) is 9.36 Å². The van der Waals surface area contributed by atoms with Gasteiger partial charge < -0.3 is 25.0 Å². The Bertz CT molecular complexity index is 1030. The summed E-state index contributed by atoms with van der Waals surface area (Å²) in [6, 6.07) is 16.5. The number of rotatable bonds is 10. The standard InChI is InChI=1S/C25H31N2O7P/c1-24(2,3)34-23(30)27-20(17-11-7-5-8-12-17)16-25(31,35-32)19(15-21(28)29)22(33-4)26-18-13-9-6-10-14-18/h5-14,19-20,31H,15-16H2,1-4H3,(H,27,30)(H,28,29). The predicted molar refractivity (Wildman–Crippen MR) is 132 cm³/mol. The van der Waals surface area contributed by atoms with Crippen molar-refractivity contribution in [1.82, 2.24) is 5.32 Å². The third kappa shape index (κ3) is 8.77. The Labute approximate surface area is 206 Å². The van der Waals surface area contributed by atoms with E-state index in [2.05, 4.69) is 10.3 Å².